The first-order valence-electron chi connectivity index (χ1n) is 11.3. The molecule has 0 aliphatic carbocycles. The van der Waals surface area contributed by atoms with Gasteiger partial charge in [-0.1, -0.05) is 24.3 Å². The molecule has 0 spiro atoms. The summed E-state index contributed by atoms with van der Waals surface area (Å²) in [6.07, 6.45) is 12.0. The zero-order valence-corrected chi connectivity index (χ0v) is 19.1. The summed E-state index contributed by atoms with van der Waals surface area (Å²) >= 11 is 0. The van der Waals surface area contributed by atoms with E-state index in [0.29, 0.717) is 12.1 Å². The van der Waals surface area contributed by atoms with E-state index in [0.717, 1.165) is 28.1 Å². The highest BCUT2D eigenvalue weighted by Crippen LogP contribution is 2.33. The van der Waals surface area contributed by atoms with Crippen LogP contribution in [0.2, 0.25) is 0 Å². The maximum absolute atomic E-state index is 12.7. The molecule has 1 aliphatic heterocycles. The number of carbonyl (C=O) groups excluding carboxylic acids is 2. The Morgan fingerprint density at radius 1 is 1.08 bits per heavy atom. The van der Waals surface area contributed by atoms with Gasteiger partial charge in [0.05, 0.1) is 18.3 Å². The Morgan fingerprint density at radius 3 is 2.81 bits per heavy atom. The molecule has 9 heteroatoms. The second-order valence-electron chi connectivity index (χ2n) is 8.16. The van der Waals surface area contributed by atoms with Crippen molar-refractivity contribution in [1.29, 1.82) is 0 Å². The molecule has 0 bridgehead atoms. The second kappa shape index (κ2) is 10.1. The van der Waals surface area contributed by atoms with Crippen molar-refractivity contribution in [3.63, 3.8) is 0 Å². The molecule has 3 N–H and O–H groups in total. The van der Waals surface area contributed by atoms with Gasteiger partial charge in [-0.15, -0.1) is 0 Å². The van der Waals surface area contributed by atoms with Crippen LogP contribution in [0.3, 0.4) is 0 Å². The number of aromatic amines is 1. The highest BCUT2D eigenvalue weighted by atomic mass is 16.2. The third-order valence-corrected chi connectivity index (χ3v) is 5.70. The molecule has 0 saturated carbocycles. The molecule has 4 aromatic rings. The van der Waals surface area contributed by atoms with Crippen molar-refractivity contribution >= 4 is 35.2 Å². The Morgan fingerprint density at radius 2 is 2.00 bits per heavy atom. The molecular formula is C27H22N6O3. The van der Waals surface area contributed by atoms with Crippen LogP contribution in [0.1, 0.15) is 32.7 Å². The minimum Gasteiger partial charge on any atom is -0.362 e. The molecule has 0 radical (unpaired) electrons. The highest BCUT2D eigenvalue weighted by molar-refractivity contribution is 6.34. The minimum absolute atomic E-state index is 0.0644. The summed E-state index contributed by atoms with van der Waals surface area (Å²) in [5.41, 5.74) is 4.39. The van der Waals surface area contributed by atoms with Crippen LogP contribution < -0.4 is 16.2 Å². The van der Waals surface area contributed by atoms with Gasteiger partial charge < -0.3 is 20.2 Å². The van der Waals surface area contributed by atoms with Crippen molar-refractivity contribution in [3.05, 3.63) is 118 Å². The van der Waals surface area contributed by atoms with Crippen LogP contribution in [0.5, 0.6) is 0 Å². The summed E-state index contributed by atoms with van der Waals surface area (Å²) in [6, 6.07) is 14.4. The van der Waals surface area contributed by atoms with Crippen molar-refractivity contribution in [2.75, 3.05) is 11.9 Å². The second-order valence-corrected chi connectivity index (χ2v) is 8.16. The van der Waals surface area contributed by atoms with E-state index < -0.39 is 5.91 Å². The lowest BCUT2D eigenvalue weighted by atomic mass is 10.0. The fourth-order valence-corrected chi connectivity index (χ4v) is 3.93. The largest absolute Gasteiger partial charge is 0.362 e. The average Bonchev–Trinajstić information content (AvgIpc) is 3.51. The monoisotopic (exact) mass is 478 g/mol. The number of nitrogens with zero attached hydrogens (tertiary/aromatic N) is 3. The van der Waals surface area contributed by atoms with E-state index in [9.17, 15) is 14.4 Å². The topological polar surface area (TPSA) is 122 Å². The molecule has 178 valence electrons. The van der Waals surface area contributed by atoms with E-state index in [1.165, 1.54) is 10.6 Å². The van der Waals surface area contributed by atoms with E-state index in [2.05, 4.69) is 25.8 Å². The van der Waals surface area contributed by atoms with Gasteiger partial charge in [0.2, 0.25) is 0 Å². The third-order valence-electron chi connectivity index (χ3n) is 5.70. The van der Waals surface area contributed by atoms with Gasteiger partial charge >= 0.3 is 0 Å². The first-order valence-corrected chi connectivity index (χ1v) is 11.3. The number of pyridine rings is 1. The summed E-state index contributed by atoms with van der Waals surface area (Å²) < 4.78 is 1.46. The van der Waals surface area contributed by atoms with E-state index in [1.807, 2.05) is 42.5 Å². The van der Waals surface area contributed by atoms with Crippen LogP contribution >= 0.6 is 0 Å². The fourth-order valence-electron chi connectivity index (χ4n) is 3.93. The lowest BCUT2D eigenvalue weighted by Gasteiger charge is -2.08. The van der Waals surface area contributed by atoms with Gasteiger partial charge in [-0.2, -0.15) is 10.2 Å². The first-order chi connectivity index (χ1) is 17.6. The lowest BCUT2D eigenvalue weighted by molar-refractivity contribution is -0.110. The number of benzene rings is 1. The number of rotatable bonds is 7. The number of amides is 2. The summed E-state index contributed by atoms with van der Waals surface area (Å²) in [5.74, 6) is -0.603. The molecule has 0 unspecified atom stereocenters. The molecule has 5 rings (SSSR count). The molecule has 0 saturated heterocycles. The standard InChI is InChI=1S/C27H22N6O3/c34-25(22-6-3-13-33(27(22)36)17-19-9-12-30-31-16-19)29-11-1-4-18-7-8-21-23(15-20-5-2-10-28-20)26(35)32-24(21)14-18/h1-10,12-16,28H,11,17H2,(H,29,34)(H,32,35). The van der Waals surface area contributed by atoms with E-state index in [-0.39, 0.29) is 23.6 Å². The number of H-pyrrole nitrogens is 1. The third kappa shape index (κ3) is 4.90. The smallest absolute Gasteiger partial charge is 0.263 e. The molecule has 0 atom stereocenters. The van der Waals surface area contributed by atoms with E-state index in [4.69, 9.17) is 0 Å². The maximum atomic E-state index is 12.7. The van der Waals surface area contributed by atoms with Crippen molar-refractivity contribution in [2.24, 2.45) is 0 Å². The molecule has 9 nitrogen and oxygen atoms in total. The van der Waals surface area contributed by atoms with Gasteiger partial charge in [-0.05, 0) is 53.6 Å². The first kappa shape index (κ1) is 22.7. The van der Waals surface area contributed by atoms with Gasteiger partial charge in [-0.3, -0.25) is 14.4 Å². The Hall–Kier alpha value is -5.05. The molecule has 36 heavy (non-hydrogen) atoms. The Kier molecular flexibility index (Phi) is 6.35. The number of hydrogen-bond donors (Lipinski definition) is 3. The summed E-state index contributed by atoms with van der Waals surface area (Å²) in [7, 11) is 0. The Bertz CT molecular complexity index is 1540. The van der Waals surface area contributed by atoms with Crippen LogP contribution in [-0.4, -0.2) is 38.1 Å². The zero-order chi connectivity index (χ0) is 24.9. The predicted molar refractivity (Wildman–Crippen MR) is 137 cm³/mol. The number of anilines is 1. The number of hydrogen-bond acceptors (Lipinski definition) is 5. The normalized spacial score (nSPS) is 13.7. The number of fused-ring (bicyclic) bond motifs is 1. The molecule has 2 amide bonds. The van der Waals surface area contributed by atoms with Crippen LogP contribution in [0.4, 0.5) is 5.69 Å². The van der Waals surface area contributed by atoms with Crippen LogP contribution in [0, 0.1) is 0 Å². The maximum Gasteiger partial charge on any atom is 0.263 e. The minimum atomic E-state index is -0.452. The van der Waals surface area contributed by atoms with Crippen LogP contribution in [0.25, 0.3) is 17.7 Å². The van der Waals surface area contributed by atoms with Crippen molar-refractivity contribution in [1.82, 2.24) is 25.1 Å². The van der Waals surface area contributed by atoms with Crippen LogP contribution in [0.15, 0.2) is 84.2 Å². The number of aromatic nitrogens is 4. The summed E-state index contributed by atoms with van der Waals surface area (Å²) in [5, 5.41) is 13.2. The molecule has 3 aromatic heterocycles. The van der Waals surface area contributed by atoms with Crippen LogP contribution in [-0.2, 0) is 11.3 Å². The molecular weight excluding hydrogens is 456 g/mol. The summed E-state index contributed by atoms with van der Waals surface area (Å²) in [4.78, 5) is 40.8. The number of nitrogens with one attached hydrogen (secondary N) is 3. The molecule has 1 aromatic carbocycles. The van der Waals surface area contributed by atoms with Gasteiger partial charge in [0.25, 0.3) is 17.4 Å². The van der Waals surface area contributed by atoms with Crippen molar-refractivity contribution < 1.29 is 9.59 Å². The van der Waals surface area contributed by atoms with Crippen molar-refractivity contribution in [2.45, 2.75) is 6.54 Å². The average molecular weight is 479 g/mol. The quantitative estimate of drug-likeness (QED) is 0.353. The molecule has 0 fully saturated rings. The molecule has 1 aliphatic rings. The SMILES string of the molecule is O=C1Nc2cc(C=CCNC(=O)c3cccn(Cc4ccnnc4)c3=O)ccc2C1=Cc1ccc[nH]1. The van der Waals surface area contributed by atoms with Crippen molar-refractivity contribution in [3.8, 4) is 0 Å². The van der Waals surface area contributed by atoms with Gasteiger partial charge in [0.1, 0.15) is 5.56 Å². The highest BCUT2D eigenvalue weighted by Gasteiger charge is 2.24. The van der Waals surface area contributed by atoms with Gasteiger partial charge in [-0.25, -0.2) is 0 Å². The van der Waals surface area contributed by atoms with E-state index in [1.54, 1.807) is 43.0 Å². The van der Waals surface area contributed by atoms with E-state index >= 15 is 0 Å². The fraction of sp³-hybridized carbons (Fsp3) is 0.0741. The number of carbonyl (C=O) groups is 2. The molecule has 4 heterocycles. The summed E-state index contributed by atoms with van der Waals surface area (Å²) in [6.45, 7) is 0.537. The predicted octanol–water partition coefficient (Wildman–Crippen LogP) is 2.95. The zero-order valence-electron chi connectivity index (χ0n) is 19.1. The lowest BCUT2D eigenvalue weighted by Crippen LogP contribution is -2.33. The van der Waals surface area contributed by atoms with Gasteiger partial charge in [0.15, 0.2) is 0 Å². The Balaban J connectivity index is 1.22. The Labute approximate surface area is 206 Å². The van der Waals surface area contributed by atoms with Gasteiger partial charge in [0, 0.05) is 42.1 Å².